The van der Waals surface area contributed by atoms with Gasteiger partial charge in [0.25, 0.3) is 0 Å². The van der Waals surface area contributed by atoms with Crippen LogP contribution in [-0.2, 0) is 0 Å². The molecule has 1 aliphatic carbocycles. The van der Waals surface area contributed by atoms with E-state index in [4.69, 9.17) is 0 Å². The largest absolute Gasteiger partial charge is 0.306 e. The summed E-state index contributed by atoms with van der Waals surface area (Å²) in [7, 11) is 0. The average Bonchev–Trinajstić information content (AvgIpc) is 2.85. The topological polar surface area (TPSA) is 12.0 Å². The van der Waals surface area contributed by atoms with Crippen molar-refractivity contribution < 1.29 is 0 Å². The molecule has 1 nitrogen and oxygen atoms in total. The van der Waals surface area contributed by atoms with Crippen molar-refractivity contribution in [3.8, 4) is 0 Å². The second-order valence-corrected chi connectivity index (χ2v) is 8.63. The molecule has 1 aromatic heterocycles. The molecule has 1 unspecified atom stereocenters. The van der Waals surface area contributed by atoms with Crippen LogP contribution < -0.4 is 5.32 Å². The predicted octanol–water partition coefficient (Wildman–Crippen LogP) is 5.71. The van der Waals surface area contributed by atoms with Crippen molar-refractivity contribution in [1.29, 1.82) is 0 Å². The van der Waals surface area contributed by atoms with Gasteiger partial charge in [-0.1, -0.05) is 37.6 Å². The van der Waals surface area contributed by atoms with Gasteiger partial charge in [0.2, 0.25) is 0 Å². The van der Waals surface area contributed by atoms with Crippen LogP contribution in [0.3, 0.4) is 0 Å². The van der Waals surface area contributed by atoms with E-state index in [1.807, 2.05) is 11.3 Å². The zero-order valence-electron chi connectivity index (χ0n) is 12.4. The van der Waals surface area contributed by atoms with Crippen molar-refractivity contribution >= 4 is 33.9 Å². The summed E-state index contributed by atoms with van der Waals surface area (Å²) in [4.78, 5) is 0. The van der Waals surface area contributed by atoms with Crippen LogP contribution in [0.5, 0.6) is 0 Å². The van der Waals surface area contributed by atoms with Crippen LogP contribution in [0.25, 0.3) is 0 Å². The van der Waals surface area contributed by atoms with Gasteiger partial charge in [-0.15, -0.1) is 11.3 Å². The summed E-state index contributed by atoms with van der Waals surface area (Å²) in [5, 5.41) is 6.07. The van der Waals surface area contributed by atoms with E-state index in [0.29, 0.717) is 6.04 Å². The van der Waals surface area contributed by atoms with Gasteiger partial charge in [-0.25, -0.2) is 0 Å². The van der Waals surface area contributed by atoms with Crippen molar-refractivity contribution in [2.45, 2.75) is 44.6 Å². The van der Waals surface area contributed by atoms with Gasteiger partial charge in [0.15, 0.2) is 0 Å². The number of hydrogen-bond donors (Lipinski definition) is 1. The smallest absolute Gasteiger partial charge is 0.0656 e. The van der Waals surface area contributed by atoms with E-state index in [1.54, 1.807) is 5.56 Å². The van der Waals surface area contributed by atoms with Crippen LogP contribution in [-0.4, -0.2) is 6.54 Å². The minimum Gasteiger partial charge on any atom is -0.306 e. The fourth-order valence-corrected chi connectivity index (χ4v) is 4.43. The summed E-state index contributed by atoms with van der Waals surface area (Å²) in [6.07, 6.45) is 5.28. The number of rotatable bonds is 6. The number of halogens is 1. The monoisotopic (exact) mass is 411 g/mol. The van der Waals surface area contributed by atoms with Gasteiger partial charge in [0.05, 0.1) is 8.93 Å². The normalized spacial score (nSPS) is 16.7. The molecule has 0 bridgehead atoms. The lowest BCUT2D eigenvalue weighted by atomic mass is 9.76. The molecule has 0 saturated heterocycles. The molecule has 1 aliphatic rings. The molecule has 1 atom stereocenters. The van der Waals surface area contributed by atoms with E-state index in [2.05, 4.69) is 70.5 Å². The lowest BCUT2D eigenvalue weighted by molar-refractivity contribution is 0.414. The highest BCUT2D eigenvalue weighted by Crippen LogP contribution is 2.41. The minimum absolute atomic E-state index is 0.349. The molecule has 1 N–H and O–H groups in total. The molecule has 0 aliphatic heterocycles. The Labute approximate surface area is 145 Å². The summed E-state index contributed by atoms with van der Waals surface area (Å²) in [6.45, 7) is 3.30. The fourth-order valence-electron chi connectivity index (χ4n) is 3.04. The molecule has 0 amide bonds. The molecular weight excluding hydrogens is 389 g/mol. The summed E-state index contributed by atoms with van der Waals surface area (Å²) < 4.78 is 1.37. The van der Waals surface area contributed by atoms with Crippen molar-refractivity contribution in [3.63, 3.8) is 0 Å². The Balaban J connectivity index is 1.95. The van der Waals surface area contributed by atoms with E-state index in [9.17, 15) is 0 Å². The van der Waals surface area contributed by atoms with Crippen LogP contribution in [0.15, 0.2) is 35.7 Å². The van der Waals surface area contributed by atoms with E-state index in [1.165, 1.54) is 39.7 Å². The maximum atomic E-state index is 3.76. The lowest BCUT2D eigenvalue weighted by Gasteiger charge is -2.30. The molecule has 3 heteroatoms. The predicted molar refractivity (Wildman–Crippen MR) is 100 cm³/mol. The molecule has 1 aromatic carbocycles. The van der Waals surface area contributed by atoms with Gasteiger partial charge >= 0.3 is 0 Å². The van der Waals surface area contributed by atoms with Crippen LogP contribution in [0.4, 0.5) is 0 Å². The van der Waals surface area contributed by atoms with Gasteiger partial charge in [0.1, 0.15) is 0 Å². The molecular formula is C18H22INS. The second-order valence-electron chi connectivity index (χ2n) is 5.83. The first kappa shape index (κ1) is 15.5. The lowest BCUT2D eigenvalue weighted by Crippen LogP contribution is -2.25. The molecule has 21 heavy (non-hydrogen) atoms. The maximum Gasteiger partial charge on any atom is 0.0656 e. The molecule has 2 aromatic rings. The first-order valence-electron chi connectivity index (χ1n) is 7.85. The molecule has 1 heterocycles. The second kappa shape index (κ2) is 7.25. The van der Waals surface area contributed by atoms with E-state index in [-0.39, 0.29) is 0 Å². The third-order valence-corrected chi connectivity index (χ3v) is 6.18. The number of thiophene rings is 1. The number of nitrogens with one attached hydrogen (secondary N) is 1. The first-order valence-corrected chi connectivity index (χ1v) is 9.81. The van der Waals surface area contributed by atoms with Crippen LogP contribution in [0, 0.1) is 2.88 Å². The Morgan fingerprint density at radius 1 is 1.33 bits per heavy atom. The Bertz CT molecular complexity index is 588. The van der Waals surface area contributed by atoms with Gasteiger partial charge in [-0.05, 0) is 82.5 Å². The summed E-state index contributed by atoms with van der Waals surface area (Å²) in [5.74, 6) is 0.782. The number of benzene rings is 1. The zero-order valence-corrected chi connectivity index (χ0v) is 15.4. The van der Waals surface area contributed by atoms with Gasteiger partial charge in [0, 0.05) is 0 Å². The Hall–Kier alpha value is -0.390. The van der Waals surface area contributed by atoms with Crippen molar-refractivity contribution in [2.24, 2.45) is 0 Å². The van der Waals surface area contributed by atoms with Crippen LogP contribution in [0.1, 0.15) is 61.3 Å². The Morgan fingerprint density at radius 3 is 2.76 bits per heavy atom. The van der Waals surface area contributed by atoms with Gasteiger partial charge < -0.3 is 5.32 Å². The standard InChI is InChI=1S/C18H22INS/c1-2-10-20-18(14-11-17(19)21-12-14)16-9-4-3-8-15(16)13-6-5-7-13/h3-4,8-9,11-13,18,20H,2,5-7,10H2,1H3. The highest BCUT2D eigenvalue weighted by atomic mass is 127. The zero-order chi connectivity index (χ0) is 14.7. The highest BCUT2D eigenvalue weighted by Gasteiger charge is 2.25. The molecule has 1 fully saturated rings. The summed E-state index contributed by atoms with van der Waals surface area (Å²) in [5.41, 5.74) is 4.48. The molecule has 1 saturated carbocycles. The third-order valence-electron chi connectivity index (χ3n) is 4.37. The fraction of sp³-hybridized carbons (Fsp3) is 0.444. The van der Waals surface area contributed by atoms with E-state index < -0.39 is 0 Å². The Kier molecular flexibility index (Phi) is 5.35. The third kappa shape index (κ3) is 3.51. The SMILES string of the molecule is CCCNC(c1csc(I)c1)c1ccccc1C1CCC1. The van der Waals surface area contributed by atoms with Crippen molar-refractivity contribution in [2.75, 3.05) is 6.54 Å². The van der Waals surface area contributed by atoms with E-state index >= 15 is 0 Å². The number of hydrogen-bond acceptors (Lipinski definition) is 2. The average molecular weight is 411 g/mol. The van der Waals surface area contributed by atoms with Crippen molar-refractivity contribution in [3.05, 3.63) is 55.3 Å². The Morgan fingerprint density at radius 2 is 2.14 bits per heavy atom. The molecule has 112 valence electrons. The van der Waals surface area contributed by atoms with Crippen LogP contribution in [0.2, 0.25) is 0 Å². The summed E-state index contributed by atoms with van der Waals surface area (Å²) in [6, 6.07) is 11.7. The van der Waals surface area contributed by atoms with E-state index in [0.717, 1.165) is 12.5 Å². The first-order chi connectivity index (χ1) is 10.3. The maximum absolute atomic E-state index is 3.76. The molecule has 3 rings (SSSR count). The van der Waals surface area contributed by atoms with Gasteiger partial charge in [-0.2, -0.15) is 0 Å². The highest BCUT2D eigenvalue weighted by molar-refractivity contribution is 14.1. The van der Waals surface area contributed by atoms with Crippen molar-refractivity contribution in [1.82, 2.24) is 5.32 Å². The van der Waals surface area contributed by atoms with Gasteiger partial charge in [-0.3, -0.25) is 0 Å². The van der Waals surface area contributed by atoms with Crippen LogP contribution >= 0.6 is 33.9 Å². The minimum atomic E-state index is 0.349. The summed E-state index contributed by atoms with van der Waals surface area (Å²) >= 11 is 4.26. The molecule has 0 radical (unpaired) electrons. The quantitative estimate of drug-likeness (QED) is 0.601. The molecule has 0 spiro atoms.